The maximum Gasteiger partial charge on any atom is 0.223 e. The summed E-state index contributed by atoms with van der Waals surface area (Å²) in [6.07, 6.45) is 5.76. The van der Waals surface area contributed by atoms with Crippen LogP contribution in [-0.2, 0) is 29.2 Å². The van der Waals surface area contributed by atoms with Gasteiger partial charge in [-0.3, -0.25) is 4.79 Å². The van der Waals surface area contributed by atoms with Gasteiger partial charge in [-0.05, 0) is 37.5 Å². The van der Waals surface area contributed by atoms with Gasteiger partial charge in [0.2, 0.25) is 5.91 Å². The Hall–Kier alpha value is -1.43. The maximum atomic E-state index is 12.2. The molecule has 1 aromatic rings. The third kappa shape index (κ3) is 3.10. The molecule has 2 fully saturated rings. The lowest BCUT2D eigenvalue weighted by atomic mass is 10.2. The van der Waals surface area contributed by atoms with Crippen LogP contribution >= 0.6 is 0 Å². The van der Waals surface area contributed by atoms with E-state index in [9.17, 15) is 4.79 Å². The minimum atomic E-state index is 0.276. The van der Waals surface area contributed by atoms with Crippen LogP contribution in [0.1, 0.15) is 43.8 Å². The summed E-state index contributed by atoms with van der Waals surface area (Å²) >= 11 is 0. The smallest absolute Gasteiger partial charge is 0.223 e. The number of hydrogen-bond acceptors (Lipinski definition) is 4. The van der Waals surface area contributed by atoms with Crippen molar-refractivity contribution in [2.24, 2.45) is 11.8 Å². The van der Waals surface area contributed by atoms with Crippen molar-refractivity contribution < 1.29 is 9.53 Å². The predicted molar refractivity (Wildman–Crippen MR) is 75.2 cm³/mol. The number of hydrogen-bond donors (Lipinski definition) is 0. The molecule has 1 aliphatic heterocycles. The third-order valence-corrected chi connectivity index (χ3v) is 4.62. The van der Waals surface area contributed by atoms with Crippen molar-refractivity contribution in [3.8, 4) is 0 Å². The fourth-order valence-electron chi connectivity index (χ4n) is 2.84. The third-order valence-electron chi connectivity index (χ3n) is 4.62. The van der Waals surface area contributed by atoms with Gasteiger partial charge in [-0.25, -0.2) is 0 Å². The van der Waals surface area contributed by atoms with Gasteiger partial charge in [0.1, 0.15) is 6.61 Å². The van der Waals surface area contributed by atoms with Crippen molar-refractivity contribution in [2.45, 2.75) is 51.8 Å². The monoisotopic (exact) mass is 290 g/mol. The van der Waals surface area contributed by atoms with Crippen LogP contribution in [0.4, 0.5) is 0 Å². The second-order valence-corrected chi connectivity index (χ2v) is 6.61. The van der Waals surface area contributed by atoms with Gasteiger partial charge in [-0.2, -0.15) is 0 Å². The summed E-state index contributed by atoms with van der Waals surface area (Å²) in [6, 6.07) is 0. The molecule has 6 heteroatoms. The van der Waals surface area contributed by atoms with Crippen molar-refractivity contribution in [3.63, 3.8) is 0 Å². The molecule has 1 amide bonds. The van der Waals surface area contributed by atoms with E-state index >= 15 is 0 Å². The van der Waals surface area contributed by atoms with Gasteiger partial charge < -0.3 is 14.2 Å². The molecule has 0 N–H and O–H groups in total. The maximum absolute atomic E-state index is 12.2. The number of carbonyl (C=O) groups excluding carboxylic acids is 1. The summed E-state index contributed by atoms with van der Waals surface area (Å²) < 4.78 is 7.82. The molecule has 3 aliphatic rings. The molecular formula is C15H22N4O2. The Morgan fingerprint density at radius 3 is 2.71 bits per heavy atom. The summed E-state index contributed by atoms with van der Waals surface area (Å²) in [5.74, 6) is 3.49. The largest absolute Gasteiger partial charge is 0.373 e. The van der Waals surface area contributed by atoms with Gasteiger partial charge >= 0.3 is 0 Å². The highest BCUT2D eigenvalue weighted by Gasteiger charge is 2.30. The molecule has 0 unspecified atom stereocenters. The lowest BCUT2D eigenvalue weighted by molar-refractivity contribution is -0.133. The van der Waals surface area contributed by atoms with E-state index in [1.165, 1.54) is 25.7 Å². The van der Waals surface area contributed by atoms with E-state index in [2.05, 4.69) is 14.8 Å². The van der Waals surface area contributed by atoms with Gasteiger partial charge in [-0.15, -0.1) is 10.2 Å². The van der Waals surface area contributed by atoms with Crippen molar-refractivity contribution in [1.29, 1.82) is 0 Å². The number of rotatable bonds is 6. The lowest BCUT2D eigenvalue weighted by Gasteiger charge is -2.28. The lowest BCUT2D eigenvalue weighted by Crippen LogP contribution is -2.39. The summed E-state index contributed by atoms with van der Waals surface area (Å²) in [7, 11) is 0. The molecule has 4 rings (SSSR count). The molecule has 2 heterocycles. The van der Waals surface area contributed by atoms with E-state index < -0.39 is 0 Å². The number of amides is 1. The highest BCUT2D eigenvalue weighted by Crippen LogP contribution is 2.33. The van der Waals surface area contributed by atoms with E-state index in [1.807, 2.05) is 4.90 Å². The summed E-state index contributed by atoms with van der Waals surface area (Å²) in [4.78, 5) is 14.1. The van der Waals surface area contributed by atoms with E-state index in [1.54, 1.807) is 0 Å². The van der Waals surface area contributed by atoms with Gasteiger partial charge in [0, 0.05) is 26.1 Å². The summed E-state index contributed by atoms with van der Waals surface area (Å²) in [5.41, 5.74) is 0. The first-order chi connectivity index (χ1) is 10.3. The minimum Gasteiger partial charge on any atom is -0.373 e. The van der Waals surface area contributed by atoms with Crippen LogP contribution in [-0.4, -0.2) is 38.7 Å². The normalized spacial score (nSPS) is 21.4. The quantitative estimate of drug-likeness (QED) is 0.793. The van der Waals surface area contributed by atoms with E-state index in [0.717, 1.165) is 37.3 Å². The molecule has 0 saturated heterocycles. The van der Waals surface area contributed by atoms with Crippen LogP contribution in [0.25, 0.3) is 0 Å². The molecule has 0 atom stereocenters. The molecule has 0 radical (unpaired) electrons. The van der Waals surface area contributed by atoms with E-state index in [-0.39, 0.29) is 5.91 Å². The number of aromatic nitrogens is 3. The standard InChI is InChI=1S/C15H22N4O2/c20-15(7-11-1-2-11)18-5-6-19-13(8-18)16-17-14(19)10-21-9-12-3-4-12/h11-12H,1-10H2. The molecule has 1 aromatic heterocycles. The molecule has 0 aromatic carbocycles. The number of nitrogens with zero attached hydrogens (tertiary/aromatic N) is 4. The topological polar surface area (TPSA) is 60.2 Å². The number of carbonyl (C=O) groups is 1. The molecule has 2 aliphatic carbocycles. The second-order valence-electron chi connectivity index (χ2n) is 6.61. The average Bonchev–Trinajstić information content (AvgIpc) is 3.40. The van der Waals surface area contributed by atoms with Crippen molar-refractivity contribution in [3.05, 3.63) is 11.6 Å². The van der Waals surface area contributed by atoms with Crippen LogP contribution in [0, 0.1) is 11.8 Å². The summed E-state index contributed by atoms with van der Waals surface area (Å²) in [6.45, 7) is 3.54. The molecule has 2 saturated carbocycles. The Bertz CT molecular complexity index is 534. The first kappa shape index (κ1) is 13.2. The Kier molecular flexibility index (Phi) is 3.41. The number of fused-ring (bicyclic) bond motifs is 1. The molecule has 114 valence electrons. The van der Waals surface area contributed by atoms with Crippen molar-refractivity contribution in [1.82, 2.24) is 19.7 Å². The molecule has 6 nitrogen and oxygen atoms in total. The molecule has 0 bridgehead atoms. The Balaban J connectivity index is 1.34. The van der Waals surface area contributed by atoms with Gasteiger partial charge in [-0.1, -0.05) is 0 Å². The van der Waals surface area contributed by atoms with Crippen molar-refractivity contribution in [2.75, 3.05) is 13.2 Å². The fourth-order valence-corrected chi connectivity index (χ4v) is 2.84. The van der Waals surface area contributed by atoms with Crippen LogP contribution in [0.5, 0.6) is 0 Å². The fraction of sp³-hybridized carbons (Fsp3) is 0.800. The highest BCUT2D eigenvalue weighted by molar-refractivity contribution is 5.76. The molecular weight excluding hydrogens is 268 g/mol. The predicted octanol–water partition coefficient (Wildman–Crippen LogP) is 1.35. The Morgan fingerprint density at radius 1 is 1.14 bits per heavy atom. The van der Waals surface area contributed by atoms with Crippen LogP contribution in [0.2, 0.25) is 0 Å². The highest BCUT2D eigenvalue weighted by atomic mass is 16.5. The number of ether oxygens (including phenoxy) is 1. The van der Waals surface area contributed by atoms with Crippen molar-refractivity contribution >= 4 is 5.91 Å². The van der Waals surface area contributed by atoms with Gasteiger partial charge in [0.25, 0.3) is 0 Å². The average molecular weight is 290 g/mol. The zero-order valence-electron chi connectivity index (χ0n) is 12.3. The zero-order valence-corrected chi connectivity index (χ0v) is 12.3. The van der Waals surface area contributed by atoms with Gasteiger partial charge in [0.15, 0.2) is 11.6 Å². The Morgan fingerprint density at radius 2 is 1.95 bits per heavy atom. The summed E-state index contributed by atoms with van der Waals surface area (Å²) in [5, 5.41) is 8.47. The first-order valence-electron chi connectivity index (χ1n) is 8.06. The van der Waals surface area contributed by atoms with E-state index in [4.69, 9.17) is 4.74 Å². The van der Waals surface area contributed by atoms with Crippen LogP contribution in [0.15, 0.2) is 0 Å². The SMILES string of the molecule is O=C(CC1CC1)N1CCn2c(COCC3CC3)nnc2C1. The second kappa shape index (κ2) is 5.40. The molecule has 0 spiro atoms. The van der Waals surface area contributed by atoms with Crippen LogP contribution < -0.4 is 0 Å². The Labute approximate surface area is 124 Å². The van der Waals surface area contributed by atoms with Gasteiger partial charge in [0.05, 0.1) is 6.54 Å². The minimum absolute atomic E-state index is 0.276. The van der Waals surface area contributed by atoms with Crippen LogP contribution in [0.3, 0.4) is 0 Å². The zero-order chi connectivity index (χ0) is 14.2. The first-order valence-corrected chi connectivity index (χ1v) is 8.06. The molecule has 21 heavy (non-hydrogen) atoms. The van der Waals surface area contributed by atoms with E-state index in [0.29, 0.717) is 25.5 Å².